The summed E-state index contributed by atoms with van der Waals surface area (Å²) < 4.78 is 43.1. The Balaban J connectivity index is 1.70. The maximum atomic E-state index is 13.4. The molecule has 1 aliphatic carbocycles. The molecule has 0 unspecified atom stereocenters. The van der Waals surface area contributed by atoms with E-state index < -0.39 is 16.0 Å². The van der Waals surface area contributed by atoms with Crippen molar-refractivity contribution in [2.24, 2.45) is 10.1 Å². The maximum absolute atomic E-state index is 13.4. The summed E-state index contributed by atoms with van der Waals surface area (Å²) in [6.07, 6.45) is 2.73. The molecule has 1 aromatic carbocycles. The first-order valence-electron chi connectivity index (χ1n) is 8.48. The second kappa shape index (κ2) is 9.49. The smallest absolute Gasteiger partial charge is 0.274 e. The van der Waals surface area contributed by atoms with Crippen molar-refractivity contribution in [3.05, 3.63) is 34.2 Å². The molecule has 10 nitrogen and oxygen atoms in total. The average molecular weight is 509 g/mol. The van der Waals surface area contributed by atoms with E-state index in [4.69, 9.17) is 9.77 Å². The van der Waals surface area contributed by atoms with Crippen LogP contribution in [0.4, 0.5) is 10.1 Å². The van der Waals surface area contributed by atoms with Gasteiger partial charge in [-0.15, -0.1) is 0 Å². The Labute approximate surface area is 178 Å². The summed E-state index contributed by atoms with van der Waals surface area (Å²) in [5.41, 5.74) is 2.56. The molecule has 14 heteroatoms. The van der Waals surface area contributed by atoms with E-state index in [9.17, 15) is 18.0 Å². The molecule has 0 atom stereocenters. The second-order valence-corrected chi connectivity index (χ2v) is 9.81. The minimum Gasteiger partial charge on any atom is -0.290 e. The Morgan fingerprint density at radius 1 is 1.34 bits per heavy atom. The highest BCUT2D eigenvalue weighted by Crippen LogP contribution is 2.34. The van der Waals surface area contributed by atoms with Crippen molar-refractivity contribution in [3.8, 4) is 0 Å². The van der Waals surface area contributed by atoms with Crippen molar-refractivity contribution < 1.29 is 22.6 Å². The van der Waals surface area contributed by atoms with Crippen LogP contribution >= 0.6 is 27.7 Å². The minimum absolute atomic E-state index is 0.00293. The highest BCUT2D eigenvalue weighted by Gasteiger charge is 2.27. The monoisotopic (exact) mass is 508 g/mol. The van der Waals surface area contributed by atoms with E-state index in [-0.39, 0.29) is 27.3 Å². The molecule has 0 spiro atoms. The number of rotatable bonds is 6. The molecule has 1 aliphatic rings. The summed E-state index contributed by atoms with van der Waals surface area (Å²) in [5.74, 6) is -0.439. The molecule has 0 radical (unpaired) electrons. The van der Waals surface area contributed by atoms with E-state index in [1.54, 1.807) is 0 Å². The van der Waals surface area contributed by atoms with Gasteiger partial charge in [-0.2, -0.15) is 13.1 Å². The standard InChI is InChI=1S/C15H18BrFN6O4S2/c16-11-7-9(3-6-12(11)17)19-14(20-24)13-15(22-27-21-13)28-10-4-1-8(2-5-10)23-29(18,25)26/h3,6-8,10,23-24H,1-2,4-5H2,(H,19,20)(H2,18,25,26). The van der Waals surface area contributed by atoms with E-state index in [1.165, 1.54) is 30.0 Å². The third-order valence-electron chi connectivity index (χ3n) is 4.22. The normalized spacial score (nSPS) is 20.6. The first kappa shape index (κ1) is 22.1. The van der Waals surface area contributed by atoms with E-state index >= 15 is 0 Å². The van der Waals surface area contributed by atoms with Crippen molar-refractivity contribution >= 4 is 49.4 Å². The second-order valence-electron chi connectivity index (χ2n) is 6.34. The van der Waals surface area contributed by atoms with Crippen LogP contribution in [-0.4, -0.2) is 41.1 Å². The summed E-state index contributed by atoms with van der Waals surface area (Å²) in [6.45, 7) is 0. The highest BCUT2D eigenvalue weighted by molar-refractivity contribution is 9.10. The first-order chi connectivity index (χ1) is 13.7. The van der Waals surface area contributed by atoms with Gasteiger partial charge in [-0.1, -0.05) is 11.8 Å². The molecule has 1 aromatic heterocycles. The van der Waals surface area contributed by atoms with Gasteiger partial charge < -0.3 is 0 Å². The Morgan fingerprint density at radius 3 is 2.69 bits per heavy atom. The van der Waals surface area contributed by atoms with Gasteiger partial charge in [-0.3, -0.25) is 10.7 Å². The fourth-order valence-electron chi connectivity index (χ4n) is 2.91. The zero-order chi connectivity index (χ0) is 21.0. The number of nitrogens with one attached hydrogen (secondary N) is 2. The van der Waals surface area contributed by atoms with Gasteiger partial charge in [0, 0.05) is 11.3 Å². The van der Waals surface area contributed by atoms with Gasteiger partial charge in [0.1, 0.15) is 5.82 Å². The van der Waals surface area contributed by atoms with Crippen LogP contribution in [0.5, 0.6) is 0 Å². The predicted octanol–water partition coefficient (Wildman–Crippen LogP) is 2.22. The lowest BCUT2D eigenvalue weighted by molar-refractivity contribution is 0.234. The number of amidine groups is 1. The Morgan fingerprint density at radius 2 is 2.07 bits per heavy atom. The summed E-state index contributed by atoms with van der Waals surface area (Å²) >= 11 is 4.48. The van der Waals surface area contributed by atoms with Gasteiger partial charge in [0.05, 0.1) is 10.2 Å². The van der Waals surface area contributed by atoms with Crippen molar-refractivity contribution in [3.63, 3.8) is 0 Å². The molecule has 1 heterocycles. The molecule has 29 heavy (non-hydrogen) atoms. The van der Waals surface area contributed by atoms with E-state index in [0.29, 0.717) is 23.6 Å². The summed E-state index contributed by atoms with van der Waals surface area (Å²) in [7, 11) is -3.72. The fourth-order valence-corrected chi connectivity index (χ4v) is 5.12. The Kier molecular flexibility index (Phi) is 7.23. The number of aromatic nitrogens is 2. The van der Waals surface area contributed by atoms with Gasteiger partial charge in [-0.25, -0.2) is 19.2 Å². The molecule has 0 amide bonds. The molecule has 1 saturated carbocycles. The van der Waals surface area contributed by atoms with Crippen molar-refractivity contribution in [2.75, 3.05) is 0 Å². The summed E-state index contributed by atoms with van der Waals surface area (Å²) in [5, 5.41) is 22.8. The number of aliphatic imine (C=N–C) groups is 1. The van der Waals surface area contributed by atoms with Gasteiger partial charge in [0.15, 0.2) is 16.6 Å². The SMILES string of the molecule is NS(=O)(=O)NC1CCC(Sc2nonc2C(=Nc2ccc(F)c(Br)c2)NO)CC1. The van der Waals surface area contributed by atoms with Crippen LogP contribution in [0, 0.1) is 5.82 Å². The number of nitrogens with two attached hydrogens (primary N) is 1. The zero-order valence-electron chi connectivity index (χ0n) is 14.9. The molecular weight excluding hydrogens is 491 g/mol. The molecule has 0 bridgehead atoms. The number of hydrogen-bond donors (Lipinski definition) is 4. The number of nitrogens with zero attached hydrogens (tertiary/aromatic N) is 3. The van der Waals surface area contributed by atoms with E-state index in [2.05, 4.69) is 36.0 Å². The fraction of sp³-hybridized carbons (Fsp3) is 0.400. The van der Waals surface area contributed by atoms with Gasteiger partial charge in [0.2, 0.25) is 0 Å². The zero-order valence-corrected chi connectivity index (χ0v) is 18.1. The molecular formula is C15H18BrFN6O4S2. The van der Waals surface area contributed by atoms with Crippen molar-refractivity contribution in [1.82, 2.24) is 20.5 Å². The molecule has 5 N–H and O–H groups in total. The quantitative estimate of drug-likeness (QED) is 0.263. The van der Waals surface area contributed by atoms with Crippen LogP contribution < -0.4 is 15.3 Å². The van der Waals surface area contributed by atoms with E-state index in [0.717, 1.165) is 12.8 Å². The molecule has 2 aromatic rings. The lowest BCUT2D eigenvalue weighted by atomic mass is 9.96. The molecule has 3 rings (SSSR count). The first-order valence-corrected chi connectivity index (χ1v) is 11.7. The van der Waals surface area contributed by atoms with Crippen LogP contribution in [0.1, 0.15) is 31.4 Å². The van der Waals surface area contributed by atoms with Crippen LogP contribution in [-0.2, 0) is 10.2 Å². The topological polar surface area (TPSA) is 156 Å². The lowest BCUT2D eigenvalue weighted by Gasteiger charge is -2.27. The Hall–Kier alpha value is -1.58. The number of halogens is 2. The minimum atomic E-state index is -3.72. The number of benzene rings is 1. The van der Waals surface area contributed by atoms with Crippen LogP contribution in [0.2, 0.25) is 0 Å². The van der Waals surface area contributed by atoms with Crippen LogP contribution in [0.3, 0.4) is 0 Å². The van der Waals surface area contributed by atoms with Crippen LogP contribution in [0.15, 0.2) is 37.3 Å². The average Bonchev–Trinajstić information content (AvgIpc) is 3.11. The van der Waals surface area contributed by atoms with Gasteiger partial charge in [0.25, 0.3) is 10.2 Å². The predicted molar refractivity (Wildman–Crippen MR) is 108 cm³/mol. The van der Waals surface area contributed by atoms with E-state index in [1.807, 2.05) is 5.48 Å². The summed E-state index contributed by atoms with van der Waals surface area (Å²) in [6, 6.07) is 3.94. The molecule has 0 saturated heterocycles. The third-order valence-corrected chi connectivity index (χ3v) is 6.78. The van der Waals surface area contributed by atoms with Gasteiger partial charge in [-0.05, 0) is 70.1 Å². The third kappa shape index (κ3) is 6.20. The van der Waals surface area contributed by atoms with Crippen molar-refractivity contribution in [1.29, 1.82) is 0 Å². The number of hydroxylamine groups is 1. The van der Waals surface area contributed by atoms with Crippen LogP contribution in [0.25, 0.3) is 0 Å². The number of hydrogen-bond acceptors (Lipinski definition) is 8. The van der Waals surface area contributed by atoms with Crippen molar-refractivity contribution in [2.45, 2.75) is 42.0 Å². The Bertz CT molecular complexity index is 994. The van der Waals surface area contributed by atoms with Gasteiger partial charge >= 0.3 is 0 Å². The molecule has 158 valence electrons. The molecule has 1 fully saturated rings. The highest BCUT2D eigenvalue weighted by atomic mass is 79.9. The molecule has 0 aliphatic heterocycles. The number of thioether (sulfide) groups is 1. The lowest BCUT2D eigenvalue weighted by Crippen LogP contribution is -2.41. The maximum Gasteiger partial charge on any atom is 0.274 e. The summed E-state index contributed by atoms with van der Waals surface area (Å²) in [4.78, 5) is 4.22. The largest absolute Gasteiger partial charge is 0.290 e.